The minimum atomic E-state index is -3.82. The number of fused-ring (bicyclic) bond motifs is 1. The van der Waals surface area contributed by atoms with Gasteiger partial charge in [0.05, 0.1) is 6.10 Å². The molecule has 26 heavy (non-hydrogen) atoms. The summed E-state index contributed by atoms with van der Waals surface area (Å²) in [6, 6.07) is 2.71. The average molecular weight is 443 g/mol. The number of pyridine rings is 1. The molecule has 1 amide bonds. The number of aliphatic hydroxyl groups excluding tert-OH is 1. The number of nitrogens with zero attached hydrogens (tertiary/aromatic N) is 2. The number of rotatable bonds is 3. The molecule has 2 aromatic heterocycles. The molecule has 0 radical (unpaired) electrons. The molecule has 0 saturated heterocycles. The van der Waals surface area contributed by atoms with Gasteiger partial charge in [0.25, 0.3) is 5.91 Å². The second-order valence-electron chi connectivity index (χ2n) is 6.26. The van der Waals surface area contributed by atoms with Crippen LogP contribution in [-0.2, 0) is 23.5 Å². The van der Waals surface area contributed by atoms with Gasteiger partial charge in [-0.25, -0.2) is 18.1 Å². The Morgan fingerprint density at radius 1 is 1.54 bits per heavy atom. The first-order valence-electron chi connectivity index (χ1n) is 8.00. The van der Waals surface area contributed by atoms with E-state index in [4.69, 9.17) is 0 Å². The number of carbonyl (C=O) groups excluding carboxylic acids is 1. The van der Waals surface area contributed by atoms with Crippen LogP contribution in [0.3, 0.4) is 0 Å². The molecular weight excluding hydrogens is 424 g/mol. The smallest absolute Gasteiger partial charge is 0.272 e. The number of anilines is 1. The van der Waals surface area contributed by atoms with Crippen LogP contribution < -0.4 is 10.0 Å². The van der Waals surface area contributed by atoms with Crippen LogP contribution in [0, 0.1) is 0 Å². The van der Waals surface area contributed by atoms with Gasteiger partial charge < -0.3 is 15.0 Å². The molecule has 1 aliphatic heterocycles. The first-order chi connectivity index (χ1) is 12.2. The molecule has 1 aliphatic rings. The fourth-order valence-electron chi connectivity index (χ4n) is 3.05. The highest BCUT2D eigenvalue weighted by molar-refractivity contribution is 9.10. The van der Waals surface area contributed by atoms with E-state index in [1.165, 1.54) is 17.7 Å². The first-order valence-corrected chi connectivity index (χ1v) is 10.3. The van der Waals surface area contributed by atoms with Gasteiger partial charge in [-0.1, -0.05) is 0 Å². The number of hydrogen-bond donors (Lipinski definition) is 3. The molecule has 0 fully saturated rings. The van der Waals surface area contributed by atoms with Crippen molar-refractivity contribution in [3.05, 3.63) is 40.4 Å². The molecule has 0 saturated carbocycles. The van der Waals surface area contributed by atoms with E-state index in [0.29, 0.717) is 28.7 Å². The lowest BCUT2D eigenvalue weighted by atomic mass is 10.0. The summed E-state index contributed by atoms with van der Waals surface area (Å²) in [7, 11) is -2.18. The lowest BCUT2D eigenvalue weighted by Crippen LogP contribution is -2.40. The lowest BCUT2D eigenvalue weighted by molar-refractivity contribution is 0.101. The van der Waals surface area contributed by atoms with Crippen LogP contribution in [0.1, 0.15) is 29.4 Å². The Hall–Kier alpha value is -1.75. The Balaban J connectivity index is 1.98. The van der Waals surface area contributed by atoms with Gasteiger partial charge in [0.15, 0.2) is 0 Å². The summed E-state index contributed by atoms with van der Waals surface area (Å²) in [5.74, 6) is -0.405. The number of halogens is 1. The highest BCUT2D eigenvalue weighted by Crippen LogP contribution is 2.28. The maximum absolute atomic E-state index is 12.8. The highest BCUT2D eigenvalue weighted by Gasteiger charge is 2.34. The van der Waals surface area contributed by atoms with Crippen molar-refractivity contribution in [3.8, 4) is 0 Å². The van der Waals surface area contributed by atoms with Gasteiger partial charge in [-0.2, -0.15) is 0 Å². The molecule has 140 valence electrons. The van der Waals surface area contributed by atoms with Crippen molar-refractivity contribution in [2.24, 2.45) is 7.05 Å². The third-order valence-electron chi connectivity index (χ3n) is 4.33. The highest BCUT2D eigenvalue weighted by atomic mass is 79.9. The molecule has 3 heterocycles. The van der Waals surface area contributed by atoms with Crippen molar-refractivity contribution in [1.82, 2.24) is 14.3 Å². The van der Waals surface area contributed by atoms with E-state index in [-0.39, 0.29) is 10.6 Å². The van der Waals surface area contributed by atoms with Gasteiger partial charge in [-0.05, 0) is 47.8 Å². The summed E-state index contributed by atoms with van der Waals surface area (Å²) in [6.45, 7) is 1.54. The first kappa shape index (κ1) is 19.0. The molecule has 3 rings (SSSR count). The normalized spacial score (nSPS) is 20.1. The number of nitrogens with one attached hydrogen (secondary N) is 2. The molecule has 10 heteroatoms. The van der Waals surface area contributed by atoms with E-state index in [0.717, 1.165) is 0 Å². The number of amides is 1. The number of sulfonamides is 1. The number of carbonyl (C=O) groups is 1. The van der Waals surface area contributed by atoms with Crippen LogP contribution in [0.25, 0.3) is 0 Å². The van der Waals surface area contributed by atoms with E-state index in [2.05, 4.69) is 31.0 Å². The zero-order chi connectivity index (χ0) is 19.1. The monoisotopic (exact) mass is 442 g/mol. The van der Waals surface area contributed by atoms with Gasteiger partial charge in [-0.15, -0.1) is 0 Å². The Morgan fingerprint density at radius 3 is 2.92 bits per heavy atom. The molecular formula is C16H19BrN4O4S. The maximum atomic E-state index is 12.8. The van der Waals surface area contributed by atoms with E-state index in [1.54, 1.807) is 25.4 Å². The predicted molar refractivity (Wildman–Crippen MR) is 99.4 cm³/mol. The summed E-state index contributed by atoms with van der Waals surface area (Å²) in [5.41, 5.74) is 1.28. The van der Waals surface area contributed by atoms with E-state index in [1.807, 2.05) is 0 Å². The van der Waals surface area contributed by atoms with Crippen LogP contribution in [0.15, 0.2) is 34.0 Å². The fraction of sp³-hybridized carbons (Fsp3) is 0.375. The quantitative estimate of drug-likeness (QED) is 0.621. The number of aliphatic hydroxyl groups is 1. The van der Waals surface area contributed by atoms with Gasteiger partial charge in [-0.3, -0.25) is 4.79 Å². The molecule has 1 unspecified atom stereocenters. The third-order valence-corrected chi connectivity index (χ3v) is 6.31. The van der Waals surface area contributed by atoms with Crippen molar-refractivity contribution in [1.29, 1.82) is 0 Å². The van der Waals surface area contributed by atoms with Crippen LogP contribution >= 0.6 is 15.9 Å². The predicted octanol–water partition coefficient (Wildman–Crippen LogP) is 1.41. The van der Waals surface area contributed by atoms with Crippen LogP contribution in [0.2, 0.25) is 0 Å². The molecule has 2 aromatic rings. The molecule has 0 aromatic carbocycles. The van der Waals surface area contributed by atoms with E-state index in [9.17, 15) is 18.3 Å². The van der Waals surface area contributed by atoms with Crippen molar-refractivity contribution in [3.63, 3.8) is 0 Å². The Morgan fingerprint density at radius 2 is 2.27 bits per heavy atom. The largest absolute Gasteiger partial charge is 0.392 e. The standard InChI is InChI=1S/C16H19BrN4O4S/c1-9(22)12-4-3-11-13(26(24,25)20-12)8-21(2)15(11)16(23)19-10-5-6-18-14(17)7-10/h5-9,12,20,22H,3-4H2,1-2H3,(H,18,19,23)/t9-,12?/m0/s1. The number of aryl methyl sites for hydroxylation is 1. The van der Waals surface area contributed by atoms with E-state index >= 15 is 0 Å². The maximum Gasteiger partial charge on any atom is 0.272 e. The van der Waals surface area contributed by atoms with Gasteiger partial charge in [0.1, 0.15) is 15.2 Å². The van der Waals surface area contributed by atoms with Crippen molar-refractivity contribution in [2.45, 2.75) is 36.8 Å². The molecule has 0 bridgehead atoms. The zero-order valence-electron chi connectivity index (χ0n) is 14.2. The molecule has 0 spiro atoms. The molecule has 2 atom stereocenters. The SMILES string of the molecule is C[C@H](O)C1CCc2c(cn(C)c2C(=O)Nc2ccnc(Br)c2)S(=O)(=O)N1. The van der Waals surface area contributed by atoms with Crippen LogP contribution in [0.4, 0.5) is 5.69 Å². The van der Waals surface area contributed by atoms with Gasteiger partial charge in [0.2, 0.25) is 10.0 Å². The van der Waals surface area contributed by atoms with Crippen LogP contribution in [0.5, 0.6) is 0 Å². The fourth-order valence-corrected chi connectivity index (χ4v) is 5.08. The second-order valence-corrected chi connectivity index (χ2v) is 8.75. The molecule has 8 nitrogen and oxygen atoms in total. The number of hydrogen-bond acceptors (Lipinski definition) is 5. The minimum Gasteiger partial charge on any atom is -0.392 e. The zero-order valence-corrected chi connectivity index (χ0v) is 16.6. The van der Waals surface area contributed by atoms with Gasteiger partial charge in [0, 0.05) is 36.7 Å². The third kappa shape index (κ3) is 3.68. The summed E-state index contributed by atoms with van der Waals surface area (Å²) in [4.78, 5) is 16.9. The Kier molecular flexibility index (Phi) is 5.20. The summed E-state index contributed by atoms with van der Waals surface area (Å²) < 4.78 is 29.8. The van der Waals surface area contributed by atoms with E-state index < -0.39 is 28.1 Å². The number of aromatic nitrogens is 2. The summed E-state index contributed by atoms with van der Waals surface area (Å²) >= 11 is 3.24. The lowest BCUT2D eigenvalue weighted by Gasteiger charge is -2.18. The van der Waals surface area contributed by atoms with Crippen molar-refractivity contribution in [2.75, 3.05) is 5.32 Å². The Labute approximate surface area is 159 Å². The average Bonchev–Trinajstić information content (AvgIpc) is 2.82. The summed E-state index contributed by atoms with van der Waals surface area (Å²) in [5, 5.41) is 12.5. The second kappa shape index (κ2) is 7.10. The van der Waals surface area contributed by atoms with Gasteiger partial charge >= 0.3 is 0 Å². The minimum absolute atomic E-state index is 0.0733. The van der Waals surface area contributed by atoms with Crippen molar-refractivity contribution < 1.29 is 18.3 Å². The molecule has 3 N–H and O–H groups in total. The van der Waals surface area contributed by atoms with Crippen LogP contribution in [-0.4, -0.2) is 41.1 Å². The molecule has 0 aliphatic carbocycles. The Bertz CT molecular complexity index is 955. The summed E-state index contributed by atoms with van der Waals surface area (Å²) in [6.07, 6.45) is 2.91. The topological polar surface area (TPSA) is 113 Å². The van der Waals surface area contributed by atoms with Crippen molar-refractivity contribution >= 4 is 37.5 Å².